The van der Waals surface area contributed by atoms with Crippen LogP contribution in [0, 0.1) is 11.3 Å². The van der Waals surface area contributed by atoms with Crippen molar-refractivity contribution in [2.24, 2.45) is 0 Å². The number of nitriles is 1. The number of furan rings is 1. The number of hydrogen-bond donors (Lipinski definition) is 1. The number of allylic oxidation sites excluding steroid dienone is 1. The molecule has 0 bridgehead atoms. The number of amides is 1. The minimum absolute atomic E-state index is 0.139. The summed E-state index contributed by atoms with van der Waals surface area (Å²) in [4.78, 5) is 16.8. The van der Waals surface area contributed by atoms with Crippen LogP contribution in [0.15, 0.2) is 40.4 Å². The molecule has 25 heavy (non-hydrogen) atoms. The molecule has 134 valence electrons. The van der Waals surface area contributed by atoms with Gasteiger partial charge in [0.25, 0.3) is 5.91 Å². The Kier molecular flexibility index (Phi) is 7.45. The first-order valence-corrected chi connectivity index (χ1v) is 8.70. The van der Waals surface area contributed by atoms with Crippen LogP contribution in [-0.4, -0.2) is 61.5 Å². The highest BCUT2D eigenvalue weighted by Gasteiger charge is 2.15. The summed E-state index contributed by atoms with van der Waals surface area (Å²) in [6, 6.07) is 4.85. The molecule has 2 heterocycles. The molecule has 0 radical (unpaired) electrons. The highest BCUT2D eigenvalue weighted by Crippen LogP contribution is 2.07. The van der Waals surface area contributed by atoms with E-state index >= 15 is 0 Å². The van der Waals surface area contributed by atoms with Crippen LogP contribution in [0.1, 0.15) is 30.2 Å². The van der Waals surface area contributed by atoms with Crippen LogP contribution in [0.5, 0.6) is 0 Å². The minimum atomic E-state index is -0.316. The summed E-state index contributed by atoms with van der Waals surface area (Å²) in [5.41, 5.74) is 1.24. The second kappa shape index (κ2) is 9.82. The van der Waals surface area contributed by atoms with E-state index in [9.17, 15) is 4.79 Å². The molecule has 1 aromatic rings. The van der Waals surface area contributed by atoms with Gasteiger partial charge in [0.2, 0.25) is 5.76 Å². The van der Waals surface area contributed by atoms with E-state index in [1.54, 1.807) is 0 Å². The number of carbonyl (C=O) groups is 1. The molecule has 1 aliphatic heterocycles. The predicted octanol–water partition coefficient (Wildman–Crippen LogP) is 2.02. The molecule has 1 N–H and O–H groups in total. The smallest absolute Gasteiger partial charge is 0.287 e. The molecule has 1 amide bonds. The van der Waals surface area contributed by atoms with Crippen LogP contribution >= 0.6 is 0 Å². The van der Waals surface area contributed by atoms with Gasteiger partial charge in [-0.15, -0.1) is 0 Å². The van der Waals surface area contributed by atoms with Crippen LogP contribution < -0.4 is 5.32 Å². The molecule has 1 saturated heterocycles. The first kappa shape index (κ1) is 19.0. The van der Waals surface area contributed by atoms with Gasteiger partial charge in [0, 0.05) is 39.3 Å². The summed E-state index contributed by atoms with van der Waals surface area (Å²) in [7, 11) is 0. The molecule has 1 aliphatic rings. The van der Waals surface area contributed by atoms with Crippen LogP contribution in [0.25, 0.3) is 0 Å². The largest absolute Gasteiger partial charge is 0.440 e. The SMILES string of the molecule is C/C=C(\C=C/CNC(=O)c1ccc(C#N)o1)CN1CCN(CC)CC1. The Morgan fingerprint density at radius 1 is 1.32 bits per heavy atom. The van der Waals surface area contributed by atoms with Gasteiger partial charge in [-0.3, -0.25) is 9.69 Å². The van der Waals surface area contributed by atoms with E-state index in [0.717, 1.165) is 39.3 Å². The van der Waals surface area contributed by atoms with Gasteiger partial charge in [0.1, 0.15) is 6.07 Å². The zero-order valence-electron chi connectivity index (χ0n) is 15.0. The summed E-state index contributed by atoms with van der Waals surface area (Å²) in [5, 5.41) is 11.5. The molecule has 0 spiro atoms. The second-order valence-electron chi connectivity index (χ2n) is 5.96. The molecule has 1 fully saturated rings. The van der Waals surface area contributed by atoms with Gasteiger partial charge in [-0.25, -0.2) is 0 Å². The van der Waals surface area contributed by atoms with E-state index in [4.69, 9.17) is 9.68 Å². The fraction of sp³-hybridized carbons (Fsp3) is 0.474. The average molecular weight is 342 g/mol. The van der Waals surface area contributed by atoms with Crippen molar-refractivity contribution in [3.8, 4) is 6.07 Å². The summed E-state index contributed by atoms with van der Waals surface area (Å²) in [6.45, 7) is 11.1. The molecule has 0 saturated carbocycles. The first-order valence-electron chi connectivity index (χ1n) is 8.70. The van der Waals surface area contributed by atoms with E-state index in [2.05, 4.69) is 34.2 Å². The third-order valence-corrected chi connectivity index (χ3v) is 4.34. The maximum Gasteiger partial charge on any atom is 0.287 e. The lowest BCUT2D eigenvalue weighted by molar-refractivity contribution is 0.0930. The van der Waals surface area contributed by atoms with Crippen molar-refractivity contribution in [2.75, 3.05) is 45.8 Å². The number of nitrogens with zero attached hydrogens (tertiary/aromatic N) is 3. The highest BCUT2D eigenvalue weighted by atomic mass is 16.3. The van der Waals surface area contributed by atoms with Crippen molar-refractivity contribution < 1.29 is 9.21 Å². The van der Waals surface area contributed by atoms with Crippen molar-refractivity contribution in [3.05, 3.63) is 47.5 Å². The summed E-state index contributed by atoms with van der Waals surface area (Å²) < 4.78 is 5.09. The Morgan fingerprint density at radius 3 is 2.64 bits per heavy atom. The number of carbonyl (C=O) groups excluding carboxylic acids is 1. The Balaban J connectivity index is 1.74. The number of piperazine rings is 1. The summed E-state index contributed by atoms with van der Waals surface area (Å²) >= 11 is 0. The number of likely N-dealkylation sites (N-methyl/N-ethyl adjacent to an activating group) is 1. The van der Waals surface area contributed by atoms with Crippen molar-refractivity contribution in [3.63, 3.8) is 0 Å². The standard InChI is InChI=1S/C19H26N4O2/c1-3-16(15-23-12-10-22(4-2)11-13-23)6-5-9-21-19(24)18-8-7-17(14-20)25-18/h3,5-8H,4,9-13,15H2,1-2H3,(H,21,24)/b6-5-,16-3+. The van der Waals surface area contributed by atoms with E-state index in [1.165, 1.54) is 17.7 Å². The van der Waals surface area contributed by atoms with E-state index in [-0.39, 0.29) is 17.4 Å². The molecule has 0 unspecified atom stereocenters. The third kappa shape index (κ3) is 5.89. The second-order valence-corrected chi connectivity index (χ2v) is 5.96. The van der Waals surface area contributed by atoms with Crippen LogP contribution in [0.4, 0.5) is 0 Å². The Hall–Kier alpha value is -2.36. The summed E-state index contributed by atoms with van der Waals surface area (Å²) in [5.74, 6) is -0.0195. The maximum absolute atomic E-state index is 11.9. The van der Waals surface area contributed by atoms with Gasteiger partial charge in [-0.2, -0.15) is 5.26 Å². The normalized spacial score (nSPS) is 16.9. The van der Waals surface area contributed by atoms with Gasteiger partial charge in [0.15, 0.2) is 5.76 Å². The van der Waals surface area contributed by atoms with Gasteiger partial charge in [0.05, 0.1) is 0 Å². The first-order chi connectivity index (χ1) is 12.2. The number of hydrogen-bond acceptors (Lipinski definition) is 5. The van der Waals surface area contributed by atoms with E-state index in [0.29, 0.717) is 6.54 Å². The van der Waals surface area contributed by atoms with Crippen LogP contribution in [-0.2, 0) is 0 Å². The van der Waals surface area contributed by atoms with Crippen LogP contribution in [0.3, 0.4) is 0 Å². The Labute approximate surface area is 149 Å². The highest BCUT2D eigenvalue weighted by molar-refractivity contribution is 5.91. The molecule has 2 rings (SSSR count). The van der Waals surface area contributed by atoms with Crippen molar-refractivity contribution in [1.82, 2.24) is 15.1 Å². The lowest BCUT2D eigenvalue weighted by Crippen LogP contribution is -2.46. The van der Waals surface area contributed by atoms with Crippen molar-refractivity contribution in [1.29, 1.82) is 5.26 Å². The number of rotatable bonds is 7. The predicted molar refractivity (Wildman–Crippen MR) is 97.2 cm³/mol. The van der Waals surface area contributed by atoms with Gasteiger partial charge >= 0.3 is 0 Å². The van der Waals surface area contributed by atoms with Gasteiger partial charge in [-0.05, 0) is 31.2 Å². The van der Waals surface area contributed by atoms with Gasteiger partial charge < -0.3 is 14.6 Å². The zero-order chi connectivity index (χ0) is 18.1. The lowest BCUT2D eigenvalue weighted by Gasteiger charge is -2.34. The molecule has 0 aliphatic carbocycles. The maximum atomic E-state index is 11.9. The number of nitrogens with one attached hydrogen (secondary N) is 1. The zero-order valence-corrected chi connectivity index (χ0v) is 15.0. The van der Waals surface area contributed by atoms with Crippen molar-refractivity contribution in [2.45, 2.75) is 13.8 Å². The monoisotopic (exact) mass is 342 g/mol. The molecule has 0 aromatic carbocycles. The average Bonchev–Trinajstić information content (AvgIpc) is 3.14. The Bertz CT molecular complexity index is 661. The lowest BCUT2D eigenvalue weighted by atomic mass is 10.2. The topological polar surface area (TPSA) is 72.5 Å². The fourth-order valence-corrected chi connectivity index (χ4v) is 2.73. The molecule has 0 atom stereocenters. The molecule has 1 aromatic heterocycles. The quantitative estimate of drug-likeness (QED) is 0.768. The fourth-order valence-electron chi connectivity index (χ4n) is 2.73. The molecular weight excluding hydrogens is 316 g/mol. The summed E-state index contributed by atoms with van der Waals surface area (Å²) in [6.07, 6.45) is 6.09. The van der Waals surface area contributed by atoms with Gasteiger partial charge in [-0.1, -0.05) is 25.2 Å². The molecule has 6 heteroatoms. The van der Waals surface area contributed by atoms with Crippen LogP contribution in [0.2, 0.25) is 0 Å². The van der Waals surface area contributed by atoms with E-state index < -0.39 is 0 Å². The Morgan fingerprint density at radius 2 is 2.04 bits per heavy atom. The molecular formula is C19H26N4O2. The molecule has 6 nitrogen and oxygen atoms in total. The third-order valence-electron chi connectivity index (χ3n) is 4.34. The van der Waals surface area contributed by atoms with Crippen molar-refractivity contribution >= 4 is 5.91 Å². The van der Waals surface area contributed by atoms with E-state index in [1.807, 2.05) is 19.1 Å². The minimum Gasteiger partial charge on any atom is -0.440 e.